The van der Waals surface area contributed by atoms with E-state index in [1.54, 1.807) is 6.07 Å². The topological polar surface area (TPSA) is 73.6 Å². The van der Waals surface area contributed by atoms with Gasteiger partial charge in [-0.1, -0.05) is 18.5 Å². The Morgan fingerprint density at radius 3 is 3.00 bits per heavy atom. The summed E-state index contributed by atoms with van der Waals surface area (Å²) < 4.78 is 16.6. The number of nitrogens with zero attached hydrogens (tertiary/aromatic N) is 1. The van der Waals surface area contributed by atoms with Crippen LogP contribution in [0.3, 0.4) is 0 Å². The molecular formula is C16H24N2O4. The molecule has 3 rings (SSSR count). The zero-order valence-corrected chi connectivity index (χ0v) is 13.0. The fourth-order valence-electron chi connectivity index (χ4n) is 2.79. The number of nitrogens with one attached hydrogen (secondary N) is 1. The van der Waals surface area contributed by atoms with Gasteiger partial charge in [0.15, 0.2) is 0 Å². The van der Waals surface area contributed by atoms with Crippen molar-refractivity contribution in [1.29, 1.82) is 0 Å². The van der Waals surface area contributed by atoms with Gasteiger partial charge in [0.2, 0.25) is 5.76 Å². The lowest BCUT2D eigenvalue weighted by Crippen LogP contribution is -2.50. The average molecular weight is 308 g/mol. The Labute approximate surface area is 130 Å². The van der Waals surface area contributed by atoms with Gasteiger partial charge >= 0.3 is 0 Å². The van der Waals surface area contributed by atoms with Gasteiger partial charge in [0.1, 0.15) is 6.10 Å². The van der Waals surface area contributed by atoms with Crippen molar-refractivity contribution in [3.63, 3.8) is 0 Å². The molecule has 1 aromatic rings. The summed E-state index contributed by atoms with van der Waals surface area (Å²) in [5.74, 6) is 0.720. The summed E-state index contributed by atoms with van der Waals surface area (Å²) in [7, 11) is 0. The molecule has 6 nitrogen and oxygen atoms in total. The van der Waals surface area contributed by atoms with Crippen molar-refractivity contribution in [3.8, 4) is 0 Å². The van der Waals surface area contributed by atoms with Gasteiger partial charge in [0.25, 0.3) is 5.91 Å². The van der Waals surface area contributed by atoms with Crippen LogP contribution in [0.25, 0.3) is 0 Å². The second-order valence-electron chi connectivity index (χ2n) is 6.15. The standard InChI is InChI=1S/C16H24N2O4/c1-2-12-8-14(22-18-12)16(19)17-13-6-7-20-10-15(13)21-9-11-4-3-5-11/h8,11,13,15H,2-7,9-10H2,1H3,(H,17,19)/t13-,15-/m1/s1. The van der Waals surface area contributed by atoms with Crippen LogP contribution in [0.1, 0.15) is 48.9 Å². The molecule has 22 heavy (non-hydrogen) atoms. The highest BCUT2D eigenvalue weighted by atomic mass is 16.5. The molecule has 1 saturated heterocycles. The monoisotopic (exact) mass is 308 g/mol. The van der Waals surface area contributed by atoms with Gasteiger partial charge in [-0.25, -0.2) is 0 Å². The third kappa shape index (κ3) is 3.67. The summed E-state index contributed by atoms with van der Waals surface area (Å²) in [5.41, 5.74) is 0.787. The highest BCUT2D eigenvalue weighted by Crippen LogP contribution is 2.27. The SMILES string of the molecule is CCc1cc(C(=O)N[C@@H]2CCOC[C@H]2OCC2CCC2)on1. The Morgan fingerprint density at radius 1 is 1.45 bits per heavy atom. The molecular weight excluding hydrogens is 284 g/mol. The largest absolute Gasteiger partial charge is 0.379 e. The van der Waals surface area contributed by atoms with Gasteiger partial charge in [-0.2, -0.15) is 0 Å². The van der Waals surface area contributed by atoms with Crippen LogP contribution in [-0.4, -0.2) is 43.0 Å². The molecule has 1 saturated carbocycles. The van der Waals surface area contributed by atoms with Crippen molar-refractivity contribution in [3.05, 3.63) is 17.5 Å². The first kappa shape index (κ1) is 15.5. The minimum atomic E-state index is -0.226. The smallest absolute Gasteiger partial charge is 0.290 e. The Morgan fingerprint density at radius 2 is 2.32 bits per heavy atom. The predicted octanol–water partition coefficient (Wildman–Crippen LogP) is 1.94. The average Bonchev–Trinajstić information content (AvgIpc) is 2.96. The first-order valence-corrected chi connectivity index (χ1v) is 8.22. The highest BCUT2D eigenvalue weighted by Gasteiger charge is 2.30. The normalized spacial score (nSPS) is 25.7. The van der Waals surface area contributed by atoms with Crippen molar-refractivity contribution >= 4 is 5.91 Å². The molecule has 0 unspecified atom stereocenters. The second-order valence-corrected chi connectivity index (χ2v) is 6.15. The molecule has 1 aromatic heterocycles. The van der Waals surface area contributed by atoms with E-state index in [4.69, 9.17) is 14.0 Å². The Kier molecular flexibility index (Phi) is 5.10. The van der Waals surface area contributed by atoms with E-state index in [1.807, 2.05) is 6.92 Å². The van der Waals surface area contributed by atoms with Gasteiger partial charge in [-0.15, -0.1) is 0 Å². The van der Waals surface area contributed by atoms with E-state index in [0.29, 0.717) is 19.1 Å². The Bertz CT molecular complexity index is 498. The molecule has 6 heteroatoms. The van der Waals surface area contributed by atoms with E-state index in [1.165, 1.54) is 19.3 Å². The summed E-state index contributed by atoms with van der Waals surface area (Å²) in [4.78, 5) is 12.3. The Balaban J connectivity index is 1.54. The lowest BCUT2D eigenvalue weighted by atomic mass is 9.86. The van der Waals surface area contributed by atoms with Gasteiger partial charge in [0, 0.05) is 19.3 Å². The lowest BCUT2D eigenvalue weighted by Gasteiger charge is -2.34. The maximum Gasteiger partial charge on any atom is 0.290 e. The number of hydrogen-bond acceptors (Lipinski definition) is 5. The molecule has 0 radical (unpaired) electrons. The van der Waals surface area contributed by atoms with E-state index in [0.717, 1.165) is 25.1 Å². The van der Waals surface area contributed by atoms with Gasteiger partial charge in [-0.3, -0.25) is 4.79 Å². The number of aromatic nitrogens is 1. The number of carbonyl (C=O) groups excluding carboxylic acids is 1. The third-order valence-electron chi connectivity index (χ3n) is 4.54. The zero-order chi connectivity index (χ0) is 15.4. The third-order valence-corrected chi connectivity index (χ3v) is 4.54. The van der Waals surface area contributed by atoms with Crippen LogP contribution in [0, 0.1) is 5.92 Å². The number of ether oxygens (including phenoxy) is 2. The molecule has 2 aliphatic rings. The maximum absolute atomic E-state index is 12.3. The fraction of sp³-hybridized carbons (Fsp3) is 0.750. The maximum atomic E-state index is 12.3. The van der Waals surface area contributed by atoms with Crippen molar-refractivity contribution in [2.45, 2.75) is 51.2 Å². The van der Waals surface area contributed by atoms with Crippen LogP contribution in [0.2, 0.25) is 0 Å². The molecule has 122 valence electrons. The quantitative estimate of drug-likeness (QED) is 0.869. The molecule has 2 atom stereocenters. The first-order valence-electron chi connectivity index (χ1n) is 8.22. The van der Waals surface area contributed by atoms with Gasteiger partial charge < -0.3 is 19.3 Å². The van der Waals surface area contributed by atoms with Crippen LogP contribution in [0.15, 0.2) is 10.6 Å². The number of rotatable bonds is 6. The van der Waals surface area contributed by atoms with E-state index in [2.05, 4.69) is 10.5 Å². The molecule has 1 aliphatic heterocycles. The van der Waals surface area contributed by atoms with Gasteiger partial charge in [-0.05, 0) is 31.6 Å². The summed E-state index contributed by atoms with van der Waals surface area (Å²) >= 11 is 0. The minimum Gasteiger partial charge on any atom is -0.379 e. The lowest BCUT2D eigenvalue weighted by molar-refractivity contribution is -0.0820. The summed E-state index contributed by atoms with van der Waals surface area (Å²) in [6, 6.07) is 1.66. The molecule has 1 amide bonds. The number of aryl methyl sites for hydroxylation is 1. The first-order chi connectivity index (χ1) is 10.8. The van der Waals surface area contributed by atoms with Crippen molar-refractivity contribution in [2.75, 3.05) is 19.8 Å². The van der Waals surface area contributed by atoms with Crippen LogP contribution in [0.5, 0.6) is 0 Å². The molecule has 2 heterocycles. The fourth-order valence-corrected chi connectivity index (χ4v) is 2.79. The second kappa shape index (κ2) is 7.24. The van der Waals surface area contributed by atoms with E-state index >= 15 is 0 Å². The molecule has 1 aliphatic carbocycles. The van der Waals surface area contributed by atoms with Crippen molar-refractivity contribution in [2.24, 2.45) is 5.92 Å². The summed E-state index contributed by atoms with van der Waals surface area (Å²) in [6.45, 7) is 3.92. The molecule has 0 spiro atoms. The highest BCUT2D eigenvalue weighted by molar-refractivity contribution is 5.91. The number of amides is 1. The van der Waals surface area contributed by atoms with Crippen molar-refractivity contribution < 1.29 is 18.8 Å². The van der Waals surface area contributed by atoms with Crippen LogP contribution < -0.4 is 5.32 Å². The zero-order valence-electron chi connectivity index (χ0n) is 13.0. The van der Waals surface area contributed by atoms with Gasteiger partial charge in [0.05, 0.1) is 18.3 Å². The summed E-state index contributed by atoms with van der Waals surface area (Å²) in [5, 5.41) is 6.86. The van der Waals surface area contributed by atoms with Crippen LogP contribution in [0.4, 0.5) is 0 Å². The Hall–Kier alpha value is -1.40. The molecule has 2 fully saturated rings. The predicted molar refractivity (Wildman–Crippen MR) is 79.7 cm³/mol. The molecule has 0 bridgehead atoms. The van der Waals surface area contributed by atoms with Crippen molar-refractivity contribution in [1.82, 2.24) is 10.5 Å². The minimum absolute atomic E-state index is 0.0310. The van der Waals surface area contributed by atoms with Crippen LogP contribution in [-0.2, 0) is 15.9 Å². The molecule has 0 aromatic carbocycles. The van der Waals surface area contributed by atoms with E-state index in [9.17, 15) is 4.79 Å². The molecule has 1 N–H and O–H groups in total. The van der Waals surface area contributed by atoms with Crippen LogP contribution >= 0.6 is 0 Å². The number of carbonyl (C=O) groups is 1. The van der Waals surface area contributed by atoms with E-state index < -0.39 is 0 Å². The number of hydrogen-bond donors (Lipinski definition) is 1. The van der Waals surface area contributed by atoms with E-state index in [-0.39, 0.29) is 23.8 Å². The summed E-state index contributed by atoms with van der Waals surface area (Å²) in [6.07, 6.45) is 5.25.